The van der Waals surface area contributed by atoms with Crippen molar-refractivity contribution in [2.75, 3.05) is 39.8 Å². The molecule has 4 amide bonds. The lowest BCUT2D eigenvalue weighted by Gasteiger charge is -2.35. The summed E-state index contributed by atoms with van der Waals surface area (Å²) >= 11 is 0. The van der Waals surface area contributed by atoms with E-state index in [0.717, 1.165) is 31.5 Å². The average Bonchev–Trinajstić information content (AvgIpc) is 3.34. The molecule has 174 valence electrons. The number of amides is 4. The maximum absolute atomic E-state index is 13.9. The minimum atomic E-state index is -0.690. The predicted molar refractivity (Wildman–Crippen MR) is 115 cm³/mol. The Morgan fingerprint density at radius 3 is 2.53 bits per heavy atom. The van der Waals surface area contributed by atoms with E-state index in [9.17, 15) is 18.8 Å². The van der Waals surface area contributed by atoms with E-state index in [4.69, 9.17) is 4.74 Å². The maximum atomic E-state index is 13.9. The Bertz CT molecular complexity index is 879. The minimum Gasteiger partial charge on any atom is -0.494 e. The molecule has 3 aliphatic rings. The largest absolute Gasteiger partial charge is 0.494 e. The van der Waals surface area contributed by atoms with Crippen molar-refractivity contribution in [1.29, 1.82) is 0 Å². The second kappa shape index (κ2) is 9.44. The summed E-state index contributed by atoms with van der Waals surface area (Å²) in [5.41, 5.74) is 0.182. The van der Waals surface area contributed by atoms with Crippen LogP contribution in [0, 0.1) is 5.82 Å². The number of imide groups is 1. The van der Waals surface area contributed by atoms with E-state index in [-0.39, 0.29) is 36.0 Å². The highest BCUT2D eigenvalue weighted by molar-refractivity contribution is 6.07. The Hall–Kier alpha value is -2.68. The average molecular weight is 447 g/mol. The van der Waals surface area contributed by atoms with Crippen molar-refractivity contribution < 1.29 is 23.5 Å². The fourth-order valence-electron chi connectivity index (χ4n) is 4.97. The summed E-state index contributed by atoms with van der Waals surface area (Å²) in [6.45, 7) is 3.56. The predicted octanol–water partition coefficient (Wildman–Crippen LogP) is 2.12. The van der Waals surface area contributed by atoms with Gasteiger partial charge in [-0.2, -0.15) is 0 Å². The van der Waals surface area contributed by atoms with Crippen LogP contribution >= 0.6 is 0 Å². The third-order valence-electron chi connectivity index (χ3n) is 6.82. The van der Waals surface area contributed by atoms with Crippen molar-refractivity contribution in [3.05, 3.63) is 29.6 Å². The lowest BCUT2D eigenvalue weighted by atomic mass is 9.98. The monoisotopic (exact) mass is 446 g/mol. The first-order valence-corrected chi connectivity index (χ1v) is 11.4. The number of nitrogens with one attached hydrogen (secondary N) is 1. The van der Waals surface area contributed by atoms with Crippen LogP contribution in [0.15, 0.2) is 18.2 Å². The molecule has 1 aromatic rings. The molecule has 0 unspecified atom stereocenters. The van der Waals surface area contributed by atoms with E-state index in [1.54, 1.807) is 6.07 Å². The second-order valence-corrected chi connectivity index (χ2v) is 8.91. The molecular formula is C23H31FN4O4. The summed E-state index contributed by atoms with van der Waals surface area (Å²) in [7, 11) is 1.44. The van der Waals surface area contributed by atoms with Crippen molar-refractivity contribution in [3.8, 4) is 5.75 Å². The molecule has 9 heteroatoms. The minimum absolute atomic E-state index is 0.0442. The molecular weight excluding hydrogens is 415 g/mol. The Morgan fingerprint density at radius 1 is 1.16 bits per heavy atom. The van der Waals surface area contributed by atoms with Crippen LogP contribution in [-0.4, -0.2) is 77.9 Å². The molecule has 2 saturated heterocycles. The number of piperazine rings is 1. The normalized spacial score (nSPS) is 20.8. The van der Waals surface area contributed by atoms with Crippen LogP contribution in [0.5, 0.6) is 5.75 Å². The molecule has 1 spiro atoms. The first kappa shape index (κ1) is 22.5. The Labute approximate surface area is 187 Å². The van der Waals surface area contributed by atoms with Gasteiger partial charge in [0.15, 0.2) is 11.6 Å². The van der Waals surface area contributed by atoms with E-state index in [1.165, 1.54) is 18.1 Å². The van der Waals surface area contributed by atoms with Crippen LogP contribution in [0.25, 0.3) is 0 Å². The van der Waals surface area contributed by atoms with Gasteiger partial charge in [0, 0.05) is 45.7 Å². The number of methoxy groups -OCH3 is 1. The number of rotatable bonds is 7. The van der Waals surface area contributed by atoms with E-state index in [1.807, 2.05) is 11.0 Å². The Balaban J connectivity index is 1.19. The molecule has 0 bridgehead atoms. The zero-order valence-electron chi connectivity index (χ0n) is 18.6. The molecule has 3 fully saturated rings. The summed E-state index contributed by atoms with van der Waals surface area (Å²) in [5, 5.41) is 2.87. The van der Waals surface area contributed by atoms with Gasteiger partial charge < -0.3 is 15.0 Å². The van der Waals surface area contributed by atoms with Gasteiger partial charge in [0.05, 0.1) is 7.11 Å². The van der Waals surface area contributed by atoms with Gasteiger partial charge in [-0.1, -0.05) is 18.9 Å². The van der Waals surface area contributed by atoms with Crippen molar-refractivity contribution in [2.45, 2.75) is 50.6 Å². The molecule has 1 aliphatic carbocycles. The van der Waals surface area contributed by atoms with Crippen molar-refractivity contribution in [2.24, 2.45) is 0 Å². The highest BCUT2D eigenvalue weighted by Crippen LogP contribution is 2.35. The van der Waals surface area contributed by atoms with Crippen LogP contribution < -0.4 is 10.1 Å². The van der Waals surface area contributed by atoms with Crippen molar-refractivity contribution in [1.82, 2.24) is 20.0 Å². The lowest BCUT2D eigenvalue weighted by molar-refractivity contribution is -0.134. The van der Waals surface area contributed by atoms with Gasteiger partial charge in [-0.25, -0.2) is 9.18 Å². The molecule has 2 heterocycles. The van der Waals surface area contributed by atoms with E-state index < -0.39 is 5.54 Å². The Kier molecular flexibility index (Phi) is 6.64. The van der Waals surface area contributed by atoms with Crippen molar-refractivity contribution in [3.63, 3.8) is 0 Å². The first-order chi connectivity index (χ1) is 15.4. The summed E-state index contributed by atoms with van der Waals surface area (Å²) < 4.78 is 18.8. The number of carbonyl (C=O) groups excluding carboxylic acids is 3. The van der Waals surface area contributed by atoms with Crippen LogP contribution in [0.4, 0.5) is 9.18 Å². The SMILES string of the molecule is COc1ccc(CN2CCN(C(=O)CCCN3C(=O)NC4(CCCC4)C3=O)CC2)cc1F. The third kappa shape index (κ3) is 4.57. The van der Waals surface area contributed by atoms with Gasteiger partial charge in [-0.15, -0.1) is 0 Å². The smallest absolute Gasteiger partial charge is 0.325 e. The number of hydrogen-bond acceptors (Lipinski definition) is 5. The van der Waals surface area contributed by atoms with Gasteiger partial charge in [0.25, 0.3) is 5.91 Å². The number of hydrogen-bond donors (Lipinski definition) is 1. The maximum Gasteiger partial charge on any atom is 0.325 e. The number of halogens is 1. The molecule has 2 aliphatic heterocycles. The van der Waals surface area contributed by atoms with E-state index in [0.29, 0.717) is 45.3 Å². The van der Waals surface area contributed by atoms with Crippen LogP contribution in [-0.2, 0) is 16.1 Å². The molecule has 1 N–H and O–H groups in total. The zero-order chi connectivity index (χ0) is 22.7. The van der Waals surface area contributed by atoms with Crippen LogP contribution in [0.2, 0.25) is 0 Å². The van der Waals surface area contributed by atoms with E-state index in [2.05, 4.69) is 10.2 Å². The highest BCUT2D eigenvalue weighted by atomic mass is 19.1. The highest BCUT2D eigenvalue weighted by Gasteiger charge is 2.52. The van der Waals surface area contributed by atoms with Gasteiger partial charge in [0.2, 0.25) is 5.91 Å². The number of nitrogens with zero attached hydrogens (tertiary/aromatic N) is 3. The summed E-state index contributed by atoms with van der Waals surface area (Å²) in [4.78, 5) is 42.8. The molecule has 4 rings (SSSR count). The standard InChI is InChI=1S/C23H31FN4O4/c1-32-19-7-6-17(15-18(19)24)16-26-11-13-27(14-12-26)20(29)5-4-10-28-21(30)23(25-22(28)31)8-2-3-9-23/h6-7,15H,2-5,8-14,16H2,1H3,(H,25,31). The molecule has 1 aromatic carbocycles. The topological polar surface area (TPSA) is 82.2 Å². The van der Waals surface area contributed by atoms with E-state index >= 15 is 0 Å². The molecule has 8 nitrogen and oxygen atoms in total. The second-order valence-electron chi connectivity index (χ2n) is 8.91. The van der Waals surface area contributed by atoms with Gasteiger partial charge in [-0.3, -0.25) is 19.4 Å². The van der Waals surface area contributed by atoms with Gasteiger partial charge in [-0.05, 0) is 37.0 Å². The summed E-state index contributed by atoms with van der Waals surface area (Å²) in [6.07, 6.45) is 4.11. The lowest BCUT2D eigenvalue weighted by Crippen LogP contribution is -2.48. The number of benzene rings is 1. The van der Waals surface area contributed by atoms with Crippen LogP contribution in [0.3, 0.4) is 0 Å². The first-order valence-electron chi connectivity index (χ1n) is 11.4. The summed E-state index contributed by atoms with van der Waals surface area (Å²) in [6, 6.07) is 4.64. The zero-order valence-corrected chi connectivity index (χ0v) is 18.6. The van der Waals surface area contributed by atoms with Gasteiger partial charge >= 0.3 is 6.03 Å². The molecule has 0 aromatic heterocycles. The molecule has 0 atom stereocenters. The number of carbonyl (C=O) groups is 3. The molecule has 1 saturated carbocycles. The third-order valence-corrected chi connectivity index (χ3v) is 6.82. The number of urea groups is 1. The quantitative estimate of drug-likeness (QED) is 0.649. The summed E-state index contributed by atoms with van der Waals surface area (Å²) in [5.74, 6) is -0.225. The fraction of sp³-hybridized carbons (Fsp3) is 0.609. The van der Waals surface area contributed by atoms with Crippen molar-refractivity contribution >= 4 is 17.8 Å². The molecule has 0 radical (unpaired) electrons. The van der Waals surface area contributed by atoms with Gasteiger partial charge in [0.1, 0.15) is 5.54 Å². The Morgan fingerprint density at radius 2 is 1.88 bits per heavy atom. The fourth-order valence-corrected chi connectivity index (χ4v) is 4.97. The number of ether oxygens (including phenoxy) is 1. The molecule has 32 heavy (non-hydrogen) atoms. The van der Waals surface area contributed by atoms with Crippen LogP contribution in [0.1, 0.15) is 44.1 Å².